The van der Waals surface area contributed by atoms with Crippen LogP contribution in [0.25, 0.3) is 33.1 Å². The van der Waals surface area contributed by atoms with E-state index in [0.717, 1.165) is 60.3 Å². The van der Waals surface area contributed by atoms with Crippen LogP contribution in [0.4, 0.5) is 0 Å². The molecule has 1 amide bonds. The Morgan fingerprint density at radius 1 is 1.09 bits per heavy atom. The molecule has 0 bridgehead atoms. The van der Waals surface area contributed by atoms with Gasteiger partial charge in [0.2, 0.25) is 5.91 Å². The number of aryl methyl sites for hydroxylation is 2. The highest BCUT2D eigenvalue weighted by molar-refractivity contribution is 6.11. The molecule has 1 aliphatic heterocycles. The lowest BCUT2D eigenvalue weighted by molar-refractivity contribution is -0.120. The molecule has 0 unspecified atom stereocenters. The highest BCUT2D eigenvalue weighted by Gasteiger charge is 2.21. The number of carbonyl (C=O) groups excluding carboxylic acids is 1. The van der Waals surface area contributed by atoms with Crippen molar-refractivity contribution in [1.82, 2.24) is 10.2 Å². The van der Waals surface area contributed by atoms with E-state index in [4.69, 9.17) is 13.6 Å². The lowest BCUT2D eigenvalue weighted by Gasteiger charge is -2.26. The van der Waals surface area contributed by atoms with Crippen LogP contribution in [-0.2, 0) is 16.0 Å². The summed E-state index contributed by atoms with van der Waals surface area (Å²) in [6.45, 7) is 8.30. The number of fused-ring (bicyclic) bond motifs is 3. The minimum absolute atomic E-state index is 0.0329. The number of ether oxygens (including phenoxy) is 1. The molecule has 7 heteroatoms. The summed E-state index contributed by atoms with van der Waals surface area (Å²) in [6.07, 6.45) is 1.71. The van der Waals surface area contributed by atoms with Gasteiger partial charge >= 0.3 is 5.63 Å². The third kappa shape index (κ3) is 4.24. The van der Waals surface area contributed by atoms with E-state index >= 15 is 0 Å². The van der Waals surface area contributed by atoms with Crippen molar-refractivity contribution in [1.29, 1.82) is 0 Å². The summed E-state index contributed by atoms with van der Waals surface area (Å²) in [5.41, 5.74) is 4.74. The Balaban J connectivity index is 1.45. The maximum atomic E-state index is 12.8. The second kappa shape index (κ2) is 9.44. The smallest absolute Gasteiger partial charge is 0.340 e. The molecule has 7 nitrogen and oxygen atoms in total. The van der Waals surface area contributed by atoms with E-state index in [1.165, 1.54) is 0 Å². The molecule has 34 heavy (non-hydrogen) atoms. The molecular formula is C27H28N2O5. The van der Waals surface area contributed by atoms with Crippen LogP contribution in [0.3, 0.4) is 0 Å². The number of rotatable bonds is 6. The second-order valence-electron chi connectivity index (χ2n) is 8.76. The molecule has 176 valence electrons. The van der Waals surface area contributed by atoms with Gasteiger partial charge in [-0.15, -0.1) is 0 Å². The Bertz CT molecular complexity index is 1400. The molecule has 0 saturated carbocycles. The first-order valence-electron chi connectivity index (χ1n) is 11.6. The van der Waals surface area contributed by atoms with Crippen LogP contribution >= 0.6 is 0 Å². The lowest BCUT2D eigenvalue weighted by atomic mass is 9.96. The van der Waals surface area contributed by atoms with E-state index in [1.807, 2.05) is 50.2 Å². The van der Waals surface area contributed by atoms with Crippen molar-refractivity contribution < 1.29 is 18.4 Å². The Morgan fingerprint density at radius 2 is 1.85 bits per heavy atom. The quantitative estimate of drug-likeness (QED) is 0.441. The summed E-state index contributed by atoms with van der Waals surface area (Å²) < 4.78 is 17.0. The number of hydrogen-bond donors (Lipinski definition) is 1. The van der Waals surface area contributed by atoms with Gasteiger partial charge in [-0.1, -0.05) is 30.3 Å². The van der Waals surface area contributed by atoms with E-state index in [-0.39, 0.29) is 12.3 Å². The van der Waals surface area contributed by atoms with Crippen LogP contribution in [0.5, 0.6) is 0 Å². The molecule has 0 radical (unpaired) electrons. The average molecular weight is 461 g/mol. The number of furan rings is 1. The van der Waals surface area contributed by atoms with Crippen LogP contribution in [0, 0.1) is 13.8 Å². The van der Waals surface area contributed by atoms with Gasteiger partial charge in [-0.3, -0.25) is 9.69 Å². The van der Waals surface area contributed by atoms with Gasteiger partial charge in [-0.2, -0.15) is 0 Å². The fourth-order valence-electron chi connectivity index (χ4n) is 4.72. The van der Waals surface area contributed by atoms with Gasteiger partial charge in [0, 0.05) is 37.1 Å². The normalized spacial score (nSPS) is 14.6. The first-order chi connectivity index (χ1) is 16.5. The first kappa shape index (κ1) is 22.4. The molecular weight excluding hydrogens is 432 g/mol. The zero-order valence-corrected chi connectivity index (χ0v) is 19.5. The van der Waals surface area contributed by atoms with E-state index in [2.05, 4.69) is 10.2 Å². The topological polar surface area (TPSA) is 84.9 Å². The highest BCUT2D eigenvalue weighted by atomic mass is 16.5. The van der Waals surface area contributed by atoms with Gasteiger partial charge in [0.05, 0.1) is 36.8 Å². The van der Waals surface area contributed by atoms with Crippen LogP contribution < -0.4 is 10.9 Å². The van der Waals surface area contributed by atoms with Crippen LogP contribution in [0.15, 0.2) is 56.3 Å². The van der Waals surface area contributed by atoms with Crippen molar-refractivity contribution >= 4 is 27.8 Å². The van der Waals surface area contributed by atoms with Crippen molar-refractivity contribution in [3.05, 3.63) is 69.8 Å². The predicted octanol–water partition coefficient (Wildman–Crippen LogP) is 3.81. The van der Waals surface area contributed by atoms with E-state index in [9.17, 15) is 9.59 Å². The van der Waals surface area contributed by atoms with Gasteiger partial charge in [-0.25, -0.2) is 4.79 Å². The summed E-state index contributed by atoms with van der Waals surface area (Å²) in [6, 6.07) is 11.9. The molecule has 2 aromatic carbocycles. The molecule has 0 aliphatic carbocycles. The van der Waals surface area contributed by atoms with Gasteiger partial charge in [0.25, 0.3) is 0 Å². The van der Waals surface area contributed by atoms with Crippen molar-refractivity contribution in [2.24, 2.45) is 0 Å². The van der Waals surface area contributed by atoms with Crippen LogP contribution in [0.2, 0.25) is 0 Å². The number of nitrogens with zero attached hydrogens (tertiary/aromatic N) is 1. The van der Waals surface area contributed by atoms with E-state index in [0.29, 0.717) is 28.8 Å². The Kier molecular flexibility index (Phi) is 6.22. The summed E-state index contributed by atoms with van der Waals surface area (Å²) in [7, 11) is 0. The molecule has 2 aromatic heterocycles. The fraction of sp³-hybridized carbons (Fsp3) is 0.333. The minimum Gasteiger partial charge on any atom is -0.463 e. The van der Waals surface area contributed by atoms with Crippen molar-refractivity contribution in [3.63, 3.8) is 0 Å². The van der Waals surface area contributed by atoms with E-state index in [1.54, 1.807) is 6.26 Å². The molecule has 1 aliphatic rings. The molecule has 4 aromatic rings. The molecule has 1 saturated heterocycles. The van der Waals surface area contributed by atoms with Crippen LogP contribution in [0.1, 0.15) is 16.7 Å². The van der Waals surface area contributed by atoms with Gasteiger partial charge < -0.3 is 18.9 Å². The molecule has 5 rings (SSSR count). The summed E-state index contributed by atoms with van der Waals surface area (Å²) in [5, 5.41) is 4.65. The first-order valence-corrected chi connectivity index (χ1v) is 11.6. The maximum Gasteiger partial charge on any atom is 0.340 e. The number of hydrogen-bond acceptors (Lipinski definition) is 6. The zero-order chi connectivity index (χ0) is 23.7. The monoisotopic (exact) mass is 460 g/mol. The predicted molar refractivity (Wildman–Crippen MR) is 131 cm³/mol. The van der Waals surface area contributed by atoms with Crippen molar-refractivity contribution in [2.45, 2.75) is 20.3 Å². The number of benzene rings is 2. The zero-order valence-electron chi connectivity index (χ0n) is 19.5. The summed E-state index contributed by atoms with van der Waals surface area (Å²) in [5.74, 6) is -0.198. The van der Waals surface area contributed by atoms with Crippen LogP contribution in [-0.4, -0.2) is 50.2 Å². The van der Waals surface area contributed by atoms with Gasteiger partial charge in [-0.05, 0) is 36.6 Å². The largest absolute Gasteiger partial charge is 0.463 e. The summed E-state index contributed by atoms with van der Waals surface area (Å²) in [4.78, 5) is 27.7. The molecule has 1 N–H and O–H groups in total. The fourth-order valence-corrected chi connectivity index (χ4v) is 4.72. The van der Waals surface area contributed by atoms with Crippen molar-refractivity contribution in [2.75, 3.05) is 39.4 Å². The van der Waals surface area contributed by atoms with E-state index < -0.39 is 5.63 Å². The number of amides is 1. The number of morpholine rings is 1. The molecule has 0 atom stereocenters. The lowest BCUT2D eigenvalue weighted by Crippen LogP contribution is -2.41. The highest BCUT2D eigenvalue weighted by Crippen LogP contribution is 2.38. The maximum absolute atomic E-state index is 12.8. The molecule has 3 heterocycles. The molecule has 1 fully saturated rings. The Labute approximate surface area is 197 Å². The van der Waals surface area contributed by atoms with Gasteiger partial charge in [0.1, 0.15) is 11.2 Å². The summed E-state index contributed by atoms with van der Waals surface area (Å²) >= 11 is 0. The third-order valence-corrected chi connectivity index (χ3v) is 6.56. The number of nitrogens with one attached hydrogen (secondary N) is 1. The minimum atomic E-state index is -0.484. The average Bonchev–Trinajstić information content (AvgIpc) is 3.28. The van der Waals surface area contributed by atoms with Gasteiger partial charge in [0.15, 0.2) is 0 Å². The number of carbonyl (C=O) groups is 1. The van der Waals surface area contributed by atoms with Crippen molar-refractivity contribution in [3.8, 4) is 11.1 Å². The standard InChI is InChI=1S/C27H28N2O5/c1-17-14-22-25(26-24(17)21(16-33-26)19-6-4-3-5-7-19)18(2)20(27(31)34-22)15-23(30)28-8-9-29-10-12-32-13-11-29/h3-7,14,16H,8-13,15H2,1-2H3,(H,28,30). The third-order valence-electron chi connectivity index (χ3n) is 6.56. The Morgan fingerprint density at radius 3 is 2.62 bits per heavy atom. The second-order valence-corrected chi connectivity index (χ2v) is 8.76. The molecule has 0 spiro atoms. The SMILES string of the molecule is Cc1cc2oc(=O)c(CC(=O)NCCN3CCOCC3)c(C)c2c2occ(-c3ccccc3)c12. The Hall–Kier alpha value is -3.42.